The monoisotopic (exact) mass is 292 g/mol. The number of carbonyl (C=O) groups is 2. The van der Waals surface area contributed by atoms with Crippen LogP contribution in [-0.2, 0) is 4.79 Å². The molecule has 5 heteroatoms. The number of aliphatic hydroxyl groups is 1. The van der Waals surface area contributed by atoms with E-state index in [1.54, 1.807) is 19.1 Å². The summed E-state index contributed by atoms with van der Waals surface area (Å²) in [4.78, 5) is 23.8. The molecule has 1 aromatic carbocycles. The van der Waals surface area contributed by atoms with Crippen LogP contribution in [0.2, 0.25) is 0 Å². The molecule has 3 N–H and O–H groups in total. The summed E-state index contributed by atoms with van der Waals surface area (Å²) in [7, 11) is 0. The van der Waals surface area contributed by atoms with Crippen LogP contribution in [0.15, 0.2) is 18.2 Å². The molecule has 0 saturated heterocycles. The van der Waals surface area contributed by atoms with Crippen molar-refractivity contribution in [3.8, 4) is 0 Å². The van der Waals surface area contributed by atoms with Crippen molar-refractivity contribution in [1.82, 2.24) is 10.6 Å². The highest BCUT2D eigenvalue weighted by Crippen LogP contribution is 2.09. The molecule has 2 amide bonds. The zero-order valence-electron chi connectivity index (χ0n) is 13.1. The van der Waals surface area contributed by atoms with Gasteiger partial charge in [-0.25, -0.2) is 0 Å². The topological polar surface area (TPSA) is 78.4 Å². The Morgan fingerprint density at radius 2 is 1.76 bits per heavy atom. The van der Waals surface area contributed by atoms with E-state index in [1.807, 2.05) is 26.8 Å². The summed E-state index contributed by atoms with van der Waals surface area (Å²) in [6.07, 6.45) is 0.611. The van der Waals surface area contributed by atoms with Crippen LogP contribution >= 0.6 is 0 Å². The molecule has 0 fully saturated rings. The van der Waals surface area contributed by atoms with E-state index < -0.39 is 5.54 Å². The van der Waals surface area contributed by atoms with Crippen LogP contribution in [0.3, 0.4) is 0 Å². The molecular weight excluding hydrogens is 268 g/mol. The second-order valence-electron chi connectivity index (χ2n) is 5.68. The molecule has 0 aliphatic heterocycles. The van der Waals surface area contributed by atoms with Crippen LogP contribution < -0.4 is 10.6 Å². The second-order valence-corrected chi connectivity index (χ2v) is 5.68. The second kappa shape index (κ2) is 7.22. The van der Waals surface area contributed by atoms with Gasteiger partial charge in [-0.05, 0) is 39.3 Å². The predicted octanol–water partition coefficient (Wildman–Crippen LogP) is 1.31. The Morgan fingerprint density at radius 1 is 1.19 bits per heavy atom. The molecule has 0 aliphatic rings. The molecule has 0 bridgehead atoms. The van der Waals surface area contributed by atoms with Gasteiger partial charge in [-0.2, -0.15) is 0 Å². The molecule has 1 unspecified atom stereocenters. The lowest BCUT2D eigenvalue weighted by atomic mass is 10.0. The maximum absolute atomic E-state index is 12.0. The van der Waals surface area contributed by atoms with Gasteiger partial charge < -0.3 is 15.7 Å². The number of benzene rings is 1. The average molecular weight is 292 g/mol. The van der Waals surface area contributed by atoms with Crippen molar-refractivity contribution in [3.05, 3.63) is 34.9 Å². The fourth-order valence-corrected chi connectivity index (χ4v) is 1.99. The summed E-state index contributed by atoms with van der Waals surface area (Å²) in [6, 6.07) is 5.55. The standard InChI is InChI=1S/C16H24N2O3/c1-5-16(4,10-19)18-14(20)9-17-15(21)13-7-11(2)6-12(3)8-13/h6-8,19H,5,9-10H2,1-4H3,(H,17,21)(H,18,20). The molecule has 0 heterocycles. The number of amides is 2. The third-order valence-electron chi connectivity index (χ3n) is 3.46. The Labute approximate surface area is 125 Å². The van der Waals surface area contributed by atoms with E-state index in [0.717, 1.165) is 11.1 Å². The maximum Gasteiger partial charge on any atom is 0.251 e. The number of hydrogen-bond donors (Lipinski definition) is 3. The normalized spacial score (nSPS) is 13.4. The Morgan fingerprint density at radius 3 is 2.24 bits per heavy atom. The fourth-order valence-electron chi connectivity index (χ4n) is 1.99. The van der Waals surface area contributed by atoms with E-state index in [9.17, 15) is 14.7 Å². The molecule has 0 aliphatic carbocycles. The molecule has 5 nitrogen and oxygen atoms in total. The van der Waals surface area contributed by atoms with Crippen molar-refractivity contribution in [2.24, 2.45) is 0 Å². The number of aliphatic hydroxyl groups excluding tert-OH is 1. The minimum absolute atomic E-state index is 0.110. The van der Waals surface area contributed by atoms with Gasteiger partial charge in [0.05, 0.1) is 18.7 Å². The molecule has 21 heavy (non-hydrogen) atoms. The highest BCUT2D eigenvalue weighted by atomic mass is 16.3. The highest BCUT2D eigenvalue weighted by Gasteiger charge is 2.23. The van der Waals surface area contributed by atoms with E-state index in [0.29, 0.717) is 12.0 Å². The Balaban J connectivity index is 2.58. The Hall–Kier alpha value is -1.88. The van der Waals surface area contributed by atoms with E-state index in [1.165, 1.54) is 0 Å². The number of aryl methyl sites for hydroxylation is 2. The van der Waals surface area contributed by atoms with Gasteiger partial charge in [-0.1, -0.05) is 24.1 Å². The van der Waals surface area contributed by atoms with Crippen LogP contribution in [0.4, 0.5) is 0 Å². The first-order valence-electron chi connectivity index (χ1n) is 7.08. The number of hydrogen-bond acceptors (Lipinski definition) is 3. The van der Waals surface area contributed by atoms with Crippen LogP contribution in [0, 0.1) is 13.8 Å². The van der Waals surface area contributed by atoms with Crippen molar-refractivity contribution >= 4 is 11.8 Å². The smallest absolute Gasteiger partial charge is 0.251 e. The SMILES string of the molecule is CCC(C)(CO)NC(=O)CNC(=O)c1cc(C)cc(C)c1. The van der Waals surface area contributed by atoms with Crippen molar-refractivity contribution in [1.29, 1.82) is 0 Å². The Bertz CT molecular complexity index is 502. The summed E-state index contributed by atoms with van der Waals surface area (Å²) in [5.41, 5.74) is 1.90. The molecule has 1 aromatic rings. The van der Waals surface area contributed by atoms with Gasteiger partial charge in [0.15, 0.2) is 0 Å². The lowest BCUT2D eigenvalue weighted by Gasteiger charge is -2.27. The van der Waals surface area contributed by atoms with Crippen molar-refractivity contribution < 1.29 is 14.7 Å². The third kappa shape index (κ3) is 5.19. The molecule has 116 valence electrons. The van der Waals surface area contributed by atoms with Gasteiger partial charge in [0, 0.05) is 5.56 Å². The van der Waals surface area contributed by atoms with Crippen molar-refractivity contribution in [2.75, 3.05) is 13.2 Å². The van der Waals surface area contributed by atoms with Crippen molar-refractivity contribution in [2.45, 2.75) is 39.7 Å². The van der Waals surface area contributed by atoms with Gasteiger partial charge in [0.25, 0.3) is 5.91 Å². The first-order chi connectivity index (χ1) is 9.79. The van der Waals surface area contributed by atoms with E-state index >= 15 is 0 Å². The molecule has 0 aromatic heterocycles. The highest BCUT2D eigenvalue weighted by molar-refractivity contribution is 5.96. The number of rotatable bonds is 6. The maximum atomic E-state index is 12.0. The Kier molecular flexibility index (Phi) is 5.90. The summed E-state index contributed by atoms with van der Waals surface area (Å²) < 4.78 is 0. The minimum Gasteiger partial charge on any atom is -0.394 e. The zero-order chi connectivity index (χ0) is 16.0. The molecule has 0 spiro atoms. The predicted molar refractivity (Wildman–Crippen MR) is 82.2 cm³/mol. The largest absolute Gasteiger partial charge is 0.394 e. The van der Waals surface area contributed by atoms with Gasteiger partial charge in [0.1, 0.15) is 0 Å². The fraction of sp³-hybridized carbons (Fsp3) is 0.500. The van der Waals surface area contributed by atoms with E-state index in [4.69, 9.17) is 0 Å². The quantitative estimate of drug-likeness (QED) is 0.739. The lowest BCUT2D eigenvalue weighted by molar-refractivity contribution is -0.122. The molecule has 1 atom stereocenters. The zero-order valence-corrected chi connectivity index (χ0v) is 13.1. The lowest BCUT2D eigenvalue weighted by Crippen LogP contribution is -2.51. The molecule has 0 saturated carbocycles. The number of nitrogens with one attached hydrogen (secondary N) is 2. The average Bonchev–Trinajstić information content (AvgIpc) is 2.43. The summed E-state index contributed by atoms with van der Waals surface area (Å²) in [5.74, 6) is -0.592. The molecular formula is C16H24N2O3. The minimum atomic E-state index is -0.651. The first kappa shape index (κ1) is 17.2. The third-order valence-corrected chi connectivity index (χ3v) is 3.46. The van der Waals surface area contributed by atoms with Gasteiger partial charge in [-0.15, -0.1) is 0 Å². The van der Waals surface area contributed by atoms with Crippen LogP contribution in [-0.4, -0.2) is 35.6 Å². The summed E-state index contributed by atoms with van der Waals surface area (Å²) in [6.45, 7) is 7.23. The van der Waals surface area contributed by atoms with Crippen LogP contribution in [0.5, 0.6) is 0 Å². The van der Waals surface area contributed by atoms with Gasteiger partial charge in [-0.3, -0.25) is 9.59 Å². The molecule has 0 radical (unpaired) electrons. The summed E-state index contributed by atoms with van der Waals surface area (Å²) in [5, 5.41) is 14.6. The first-order valence-corrected chi connectivity index (χ1v) is 7.08. The molecule has 1 rings (SSSR count). The van der Waals surface area contributed by atoms with E-state index in [-0.39, 0.29) is 25.0 Å². The van der Waals surface area contributed by atoms with Crippen LogP contribution in [0.25, 0.3) is 0 Å². The van der Waals surface area contributed by atoms with Crippen LogP contribution in [0.1, 0.15) is 41.8 Å². The summed E-state index contributed by atoms with van der Waals surface area (Å²) >= 11 is 0. The van der Waals surface area contributed by atoms with Crippen molar-refractivity contribution in [3.63, 3.8) is 0 Å². The van der Waals surface area contributed by atoms with Gasteiger partial charge in [0.2, 0.25) is 5.91 Å². The van der Waals surface area contributed by atoms with Gasteiger partial charge >= 0.3 is 0 Å². The van der Waals surface area contributed by atoms with E-state index in [2.05, 4.69) is 10.6 Å². The number of carbonyl (C=O) groups excluding carboxylic acids is 2.